The monoisotopic (exact) mass is 512 g/mol. The van der Waals surface area contributed by atoms with Crippen LogP contribution in [0.1, 0.15) is 50.7 Å². The van der Waals surface area contributed by atoms with Crippen molar-refractivity contribution in [3.63, 3.8) is 0 Å². The molecule has 0 aliphatic heterocycles. The van der Waals surface area contributed by atoms with Gasteiger partial charge in [0.2, 0.25) is 0 Å². The van der Waals surface area contributed by atoms with Crippen LogP contribution in [0.3, 0.4) is 0 Å². The molecule has 2 aromatic carbocycles. The summed E-state index contributed by atoms with van der Waals surface area (Å²) in [5, 5.41) is 12.0. The van der Waals surface area contributed by atoms with Crippen molar-refractivity contribution in [1.29, 1.82) is 5.26 Å². The number of esters is 1. The smallest absolute Gasteiger partial charge is 0.311 e. The zero-order chi connectivity index (χ0) is 24.1. The third kappa shape index (κ3) is 9.11. The van der Waals surface area contributed by atoms with Crippen LogP contribution in [0.4, 0.5) is 0 Å². The van der Waals surface area contributed by atoms with Gasteiger partial charge in [0.15, 0.2) is 0 Å². The number of halogens is 1. The van der Waals surface area contributed by atoms with Gasteiger partial charge in [-0.05, 0) is 76.7 Å². The number of amides is 1. The van der Waals surface area contributed by atoms with Gasteiger partial charge in [-0.25, -0.2) is 0 Å². The van der Waals surface area contributed by atoms with Crippen molar-refractivity contribution in [1.82, 2.24) is 5.32 Å². The lowest BCUT2D eigenvalue weighted by atomic mass is 10.1. The fraction of sp³-hybridized carbons (Fsp3) is 0.346. The predicted octanol–water partition coefficient (Wildman–Crippen LogP) is 5.60. The Hall–Kier alpha value is -3.11. The average Bonchev–Trinajstić information content (AvgIpc) is 2.82. The number of carbonyl (C=O) groups is 2. The maximum Gasteiger partial charge on any atom is 0.311 e. The number of carbonyl (C=O) groups excluding carboxylic acids is 2. The van der Waals surface area contributed by atoms with Gasteiger partial charge in [0.1, 0.15) is 23.1 Å². The lowest BCUT2D eigenvalue weighted by molar-refractivity contribution is -0.134. The van der Waals surface area contributed by atoms with Crippen molar-refractivity contribution in [2.45, 2.75) is 46.0 Å². The zero-order valence-electron chi connectivity index (χ0n) is 19.0. The summed E-state index contributed by atoms with van der Waals surface area (Å²) in [6.45, 7) is 5.06. The third-order valence-corrected chi connectivity index (χ3v) is 5.41. The second kappa shape index (κ2) is 14.1. The van der Waals surface area contributed by atoms with Gasteiger partial charge in [-0.15, -0.1) is 0 Å². The number of rotatable bonds is 12. The van der Waals surface area contributed by atoms with Crippen LogP contribution in [0, 0.1) is 11.3 Å². The number of hydrogen-bond acceptors (Lipinski definition) is 5. The Bertz CT molecular complexity index is 1010. The number of ether oxygens (including phenoxy) is 2. The number of benzene rings is 2. The van der Waals surface area contributed by atoms with E-state index in [1.165, 1.54) is 11.6 Å². The molecule has 0 bridgehead atoms. The number of aryl methyl sites for hydroxylation is 1. The molecular formula is C26H29BrN2O4. The van der Waals surface area contributed by atoms with E-state index in [-0.39, 0.29) is 18.0 Å². The highest BCUT2D eigenvalue weighted by molar-refractivity contribution is 9.10. The minimum Gasteiger partial charge on any atom is -0.492 e. The first kappa shape index (κ1) is 26.1. The van der Waals surface area contributed by atoms with Crippen LogP contribution in [0.15, 0.2) is 52.5 Å². The minimum absolute atomic E-state index is 0.0341. The Morgan fingerprint density at radius 2 is 1.88 bits per heavy atom. The van der Waals surface area contributed by atoms with E-state index < -0.39 is 5.91 Å². The highest BCUT2D eigenvalue weighted by atomic mass is 79.9. The average molecular weight is 513 g/mol. The lowest BCUT2D eigenvalue weighted by Gasteiger charge is -2.09. The maximum atomic E-state index is 12.1. The Balaban J connectivity index is 1.80. The highest BCUT2D eigenvalue weighted by Crippen LogP contribution is 2.26. The van der Waals surface area contributed by atoms with E-state index in [2.05, 4.69) is 28.2 Å². The van der Waals surface area contributed by atoms with Crippen LogP contribution in [0.2, 0.25) is 0 Å². The summed E-state index contributed by atoms with van der Waals surface area (Å²) in [5.74, 6) is 0.411. The molecule has 33 heavy (non-hydrogen) atoms. The number of nitriles is 1. The summed E-state index contributed by atoms with van der Waals surface area (Å²) in [4.78, 5) is 24.1. The molecule has 2 aromatic rings. The van der Waals surface area contributed by atoms with E-state index >= 15 is 0 Å². The number of nitrogens with zero attached hydrogens (tertiary/aromatic N) is 1. The summed E-state index contributed by atoms with van der Waals surface area (Å²) in [6, 6.07) is 14.6. The third-order valence-electron chi connectivity index (χ3n) is 4.79. The molecule has 0 saturated heterocycles. The quantitative estimate of drug-likeness (QED) is 0.131. The zero-order valence-corrected chi connectivity index (χ0v) is 20.6. The van der Waals surface area contributed by atoms with Gasteiger partial charge in [-0.1, -0.05) is 38.5 Å². The summed E-state index contributed by atoms with van der Waals surface area (Å²) in [5.41, 5.74) is 1.93. The first-order valence-electron chi connectivity index (χ1n) is 11.1. The molecule has 2 rings (SSSR count). The molecule has 0 aromatic heterocycles. The fourth-order valence-corrected chi connectivity index (χ4v) is 3.42. The van der Waals surface area contributed by atoms with E-state index in [4.69, 9.17) is 9.47 Å². The molecular weight excluding hydrogens is 484 g/mol. The summed E-state index contributed by atoms with van der Waals surface area (Å²) < 4.78 is 12.0. The van der Waals surface area contributed by atoms with Crippen molar-refractivity contribution < 1.29 is 19.1 Å². The normalized spacial score (nSPS) is 10.9. The van der Waals surface area contributed by atoms with Crippen LogP contribution in [0.25, 0.3) is 6.08 Å². The molecule has 0 spiro atoms. The number of unbranched alkanes of at least 4 members (excludes halogenated alkanes) is 1. The molecule has 1 N–H and O–H groups in total. The molecule has 1 amide bonds. The van der Waals surface area contributed by atoms with Crippen LogP contribution >= 0.6 is 15.9 Å². The first-order valence-corrected chi connectivity index (χ1v) is 11.9. The van der Waals surface area contributed by atoms with Crippen LogP contribution in [-0.2, 0) is 16.0 Å². The molecule has 174 valence electrons. The molecule has 6 nitrogen and oxygen atoms in total. The molecule has 0 atom stereocenters. The molecule has 0 saturated carbocycles. The lowest BCUT2D eigenvalue weighted by Crippen LogP contribution is -2.25. The second-order valence-electron chi connectivity index (χ2n) is 7.39. The highest BCUT2D eigenvalue weighted by Gasteiger charge is 2.09. The molecule has 0 heterocycles. The van der Waals surface area contributed by atoms with Gasteiger partial charge in [0, 0.05) is 13.0 Å². The Kier molecular flexibility index (Phi) is 11.2. The van der Waals surface area contributed by atoms with E-state index in [1.807, 2.05) is 31.2 Å². The molecule has 0 radical (unpaired) electrons. The number of nitrogens with one attached hydrogen (secondary N) is 1. The Labute approximate surface area is 203 Å². The number of hydrogen-bond donors (Lipinski definition) is 1. The van der Waals surface area contributed by atoms with Gasteiger partial charge in [-0.2, -0.15) is 5.26 Å². The first-order chi connectivity index (χ1) is 16.0. The maximum absolute atomic E-state index is 12.1. The van der Waals surface area contributed by atoms with E-state index in [0.29, 0.717) is 30.9 Å². The van der Waals surface area contributed by atoms with Crippen LogP contribution in [0.5, 0.6) is 11.5 Å². The van der Waals surface area contributed by atoms with Gasteiger partial charge >= 0.3 is 5.97 Å². The van der Waals surface area contributed by atoms with E-state index in [9.17, 15) is 14.9 Å². The fourth-order valence-electron chi connectivity index (χ4n) is 2.88. The standard InChI is InChI=1S/C26H29BrN2O4/c1-3-5-14-29-26(31)21(18-28)16-20-8-11-22(12-9-20)33-25(30)7-6-15-32-24-13-10-19(4-2)17-23(24)27/h8-13,16-17H,3-7,14-15H2,1-2H3,(H,29,31)/b21-16+. The molecule has 0 aliphatic rings. The molecule has 0 unspecified atom stereocenters. The van der Waals surface area contributed by atoms with Crippen molar-refractivity contribution >= 4 is 33.9 Å². The molecule has 0 aliphatic carbocycles. The molecule has 0 fully saturated rings. The van der Waals surface area contributed by atoms with E-state index in [1.54, 1.807) is 24.3 Å². The van der Waals surface area contributed by atoms with Crippen LogP contribution in [-0.4, -0.2) is 25.0 Å². The van der Waals surface area contributed by atoms with Crippen LogP contribution < -0.4 is 14.8 Å². The summed E-state index contributed by atoms with van der Waals surface area (Å²) in [7, 11) is 0. The predicted molar refractivity (Wildman–Crippen MR) is 132 cm³/mol. The van der Waals surface area contributed by atoms with Crippen molar-refractivity contribution in [3.05, 3.63) is 63.6 Å². The minimum atomic E-state index is -0.392. The van der Waals surface area contributed by atoms with Crippen molar-refractivity contribution in [2.75, 3.05) is 13.2 Å². The summed E-state index contributed by atoms with van der Waals surface area (Å²) >= 11 is 3.50. The largest absolute Gasteiger partial charge is 0.492 e. The Morgan fingerprint density at radius 1 is 1.12 bits per heavy atom. The SMILES string of the molecule is CCCCNC(=O)/C(C#N)=C/c1ccc(OC(=O)CCCOc2ccc(CC)cc2Br)cc1. The van der Waals surface area contributed by atoms with Gasteiger partial charge in [0.05, 0.1) is 11.1 Å². The van der Waals surface area contributed by atoms with Crippen molar-refractivity contribution in [3.8, 4) is 17.6 Å². The molecule has 7 heteroatoms. The van der Waals surface area contributed by atoms with Gasteiger partial charge in [-0.3, -0.25) is 9.59 Å². The second-order valence-corrected chi connectivity index (χ2v) is 8.25. The van der Waals surface area contributed by atoms with Crippen molar-refractivity contribution in [2.24, 2.45) is 0 Å². The van der Waals surface area contributed by atoms with Gasteiger partial charge < -0.3 is 14.8 Å². The Morgan fingerprint density at radius 3 is 2.52 bits per heavy atom. The summed E-state index contributed by atoms with van der Waals surface area (Å²) in [6.07, 6.45) is 5.04. The van der Waals surface area contributed by atoms with E-state index in [0.717, 1.165) is 29.5 Å². The van der Waals surface area contributed by atoms with Gasteiger partial charge in [0.25, 0.3) is 5.91 Å². The topological polar surface area (TPSA) is 88.4 Å².